The predicted octanol–water partition coefficient (Wildman–Crippen LogP) is 0.992. The average molecular weight is 242 g/mol. The third kappa shape index (κ3) is 2.36. The molecule has 0 aromatic rings. The van der Waals surface area contributed by atoms with E-state index in [1.54, 1.807) is 0 Å². The van der Waals surface area contributed by atoms with Crippen LogP contribution in [0.25, 0.3) is 0 Å². The van der Waals surface area contributed by atoms with Crippen LogP contribution in [-0.4, -0.2) is 54.5 Å². The molecule has 17 heavy (non-hydrogen) atoms. The normalized spacial score (nSPS) is 42.9. The third-order valence-corrected chi connectivity index (χ3v) is 4.21. The molecule has 2 fully saturated rings. The van der Waals surface area contributed by atoms with Crippen LogP contribution < -0.4 is 5.73 Å². The number of nitrogens with two attached hydrogens (primary N) is 1. The number of nitrogens with zero attached hydrogens (tertiary/aromatic N) is 1. The van der Waals surface area contributed by atoms with Gasteiger partial charge in [0.1, 0.15) is 0 Å². The van der Waals surface area contributed by atoms with Gasteiger partial charge >= 0.3 is 0 Å². The summed E-state index contributed by atoms with van der Waals surface area (Å²) in [7, 11) is 0. The lowest BCUT2D eigenvalue weighted by molar-refractivity contribution is -0.158. The van der Waals surface area contributed by atoms with Gasteiger partial charge in [0.2, 0.25) is 0 Å². The molecule has 0 aromatic carbocycles. The SMILES string of the molecule is CC1CN(C2(CN)CCOC2C)CC(C)(C)O1. The Hall–Kier alpha value is -0.160. The Morgan fingerprint density at radius 3 is 2.53 bits per heavy atom. The Morgan fingerprint density at radius 2 is 2.06 bits per heavy atom. The van der Waals surface area contributed by atoms with E-state index in [4.69, 9.17) is 15.2 Å². The lowest BCUT2D eigenvalue weighted by Gasteiger charge is -2.50. The molecule has 0 radical (unpaired) electrons. The van der Waals surface area contributed by atoms with E-state index in [0.717, 1.165) is 26.1 Å². The molecule has 2 N–H and O–H groups in total. The van der Waals surface area contributed by atoms with E-state index in [1.807, 2.05) is 0 Å². The number of hydrogen-bond donors (Lipinski definition) is 1. The van der Waals surface area contributed by atoms with Crippen molar-refractivity contribution in [1.82, 2.24) is 4.90 Å². The fourth-order valence-corrected chi connectivity index (χ4v) is 3.38. The molecule has 2 rings (SSSR count). The average Bonchev–Trinajstić information content (AvgIpc) is 2.57. The molecule has 4 nitrogen and oxygen atoms in total. The van der Waals surface area contributed by atoms with Crippen LogP contribution in [0.2, 0.25) is 0 Å². The van der Waals surface area contributed by atoms with Crippen molar-refractivity contribution in [3.8, 4) is 0 Å². The lowest BCUT2D eigenvalue weighted by Crippen LogP contribution is -2.65. The monoisotopic (exact) mass is 242 g/mol. The lowest BCUT2D eigenvalue weighted by atomic mass is 9.87. The summed E-state index contributed by atoms with van der Waals surface area (Å²) in [6, 6.07) is 0. The first kappa shape index (κ1) is 13.3. The first-order chi connectivity index (χ1) is 7.89. The van der Waals surface area contributed by atoms with Crippen molar-refractivity contribution < 1.29 is 9.47 Å². The molecule has 0 aromatic heterocycles. The van der Waals surface area contributed by atoms with Crippen molar-refractivity contribution in [2.75, 3.05) is 26.2 Å². The van der Waals surface area contributed by atoms with Gasteiger partial charge in [-0.3, -0.25) is 4.90 Å². The van der Waals surface area contributed by atoms with Crippen molar-refractivity contribution in [3.05, 3.63) is 0 Å². The zero-order valence-electron chi connectivity index (χ0n) is 11.5. The minimum absolute atomic E-state index is 0.00924. The van der Waals surface area contributed by atoms with Crippen LogP contribution in [0, 0.1) is 0 Å². The number of rotatable bonds is 2. The molecule has 0 bridgehead atoms. The minimum Gasteiger partial charge on any atom is -0.376 e. The molecule has 2 saturated heterocycles. The van der Waals surface area contributed by atoms with Crippen LogP contribution in [-0.2, 0) is 9.47 Å². The maximum atomic E-state index is 6.06. The predicted molar refractivity (Wildman–Crippen MR) is 68.0 cm³/mol. The zero-order chi connectivity index (χ0) is 12.7. The summed E-state index contributed by atoms with van der Waals surface area (Å²) in [6.45, 7) is 12.0. The molecular formula is C13H26N2O2. The maximum Gasteiger partial charge on any atom is 0.0757 e. The van der Waals surface area contributed by atoms with Gasteiger partial charge in [0.25, 0.3) is 0 Å². The second-order valence-electron chi connectivity index (χ2n) is 6.14. The largest absolute Gasteiger partial charge is 0.376 e. The van der Waals surface area contributed by atoms with E-state index in [0.29, 0.717) is 6.54 Å². The van der Waals surface area contributed by atoms with Crippen LogP contribution in [0.4, 0.5) is 0 Å². The molecule has 2 aliphatic heterocycles. The molecule has 3 unspecified atom stereocenters. The van der Waals surface area contributed by atoms with Gasteiger partial charge < -0.3 is 15.2 Å². The van der Waals surface area contributed by atoms with Crippen molar-refractivity contribution in [2.45, 2.75) is 57.5 Å². The van der Waals surface area contributed by atoms with Crippen molar-refractivity contribution in [1.29, 1.82) is 0 Å². The molecule has 2 aliphatic rings. The van der Waals surface area contributed by atoms with E-state index in [-0.39, 0.29) is 23.3 Å². The first-order valence-electron chi connectivity index (χ1n) is 6.64. The van der Waals surface area contributed by atoms with Crippen LogP contribution in [0.15, 0.2) is 0 Å². The first-order valence-corrected chi connectivity index (χ1v) is 6.64. The highest BCUT2D eigenvalue weighted by molar-refractivity contribution is 5.03. The van der Waals surface area contributed by atoms with Crippen molar-refractivity contribution >= 4 is 0 Å². The van der Waals surface area contributed by atoms with E-state index < -0.39 is 0 Å². The molecule has 0 saturated carbocycles. The molecular weight excluding hydrogens is 216 g/mol. The van der Waals surface area contributed by atoms with Gasteiger partial charge in [-0.2, -0.15) is 0 Å². The Kier molecular flexibility index (Phi) is 3.51. The Bertz CT molecular complexity index is 283. The zero-order valence-corrected chi connectivity index (χ0v) is 11.5. The van der Waals surface area contributed by atoms with Gasteiger partial charge in [-0.1, -0.05) is 0 Å². The van der Waals surface area contributed by atoms with Crippen molar-refractivity contribution in [2.24, 2.45) is 5.73 Å². The highest BCUT2D eigenvalue weighted by atomic mass is 16.5. The van der Waals surface area contributed by atoms with Gasteiger partial charge in [-0.15, -0.1) is 0 Å². The van der Waals surface area contributed by atoms with E-state index in [9.17, 15) is 0 Å². The molecule has 0 aliphatic carbocycles. The van der Waals surface area contributed by atoms with Gasteiger partial charge in [-0.05, 0) is 34.1 Å². The molecule has 0 amide bonds. The molecule has 3 atom stereocenters. The Balaban J connectivity index is 2.19. The van der Waals surface area contributed by atoms with Crippen LogP contribution in [0.3, 0.4) is 0 Å². The fraction of sp³-hybridized carbons (Fsp3) is 1.00. The smallest absolute Gasteiger partial charge is 0.0757 e. The summed E-state index contributed by atoms with van der Waals surface area (Å²) in [5.41, 5.74) is 5.98. The summed E-state index contributed by atoms with van der Waals surface area (Å²) in [5.74, 6) is 0. The Morgan fingerprint density at radius 1 is 1.35 bits per heavy atom. The maximum absolute atomic E-state index is 6.06. The molecule has 2 heterocycles. The minimum atomic E-state index is -0.0951. The topological polar surface area (TPSA) is 47.7 Å². The third-order valence-electron chi connectivity index (χ3n) is 4.21. The Labute approximate surface area is 104 Å². The standard InChI is InChI=1S/C13H26N2O2/c1-10-7-15(9-12(3,4)17-10)13(8-14)5-6-16-11(13)2/h10-11H,5-9,14H2,1-4H3. The van der Waals surface area contributed by atoms with Crippen molar-refractivity contribution in [3.63, 3.8) is 0 Å². The second kappa shape index (κ2) is 4.50. The van der Waals surface area contributed by atoms with Crippen LogP contribution in [0.1, 0.15) is 34.1 Å². The highest BCUT2D eigenvalue weighted by Crippen LogP contribution is 2.35. The number of morpholine rings is 1. The van der Waals surface area contributed by atoms with Crippen LogP contribution in [0.5, 0.6) is 0 Å². The second-order valence-corrected chi connectivity index (χ2v) is 6.14. The summed E-state index contributed by atoms with van der Waals surface area (Å²) in [6.07, 6.45) is 1.51. The summed E-state index contributed by atoms with van der Waals surface area (Å²) < 4.78 is 11.7. The van der Waals surface area contributed by atoms with E-state index in [1.165, 1.54) is 0 Å². The van der Waals surface area contributed by atoms with E-state index >= 15 is 0 Å². The molecule has 0 spiro atoms. The van der Waals surface area contributed by atoms with Gasteiger partial charge in [0.15, 0.2) is 0 Å². The molecule has 4 heteroatoms. The summed E-state index contributed by atoms with van der Waals surface area (Å²) in [5, 5.41) is 0. The summed E-state index contributed by atoms with van der Waals surface area (Å²) >= 11 is 0. The molecule has 100 valence electrons. The van der Waals surface area contributed by atoms with E-state index in [2.05, 4.69) is 32.6 Å². The highest BCUT2D eigenvalue weighted by Gasteiger charge is 2.48. The number of ether oxygens (including phenoxy) is 2. The van der Waals surface area contributed by atoms with Gasteiger partial charge in [0.05, 0.1) is 23.3 Å². The summed E-state index contributed by atoms with van der Waals surface area (Å²) in [4.78, 5) is 2.50. The van der Waals surface area contributed by atoms with Gasteiger partial charge in [0, 0.05) is 26.2 Å². The van der Waals surface area contributed by atoms with Crippen LogP contribution >= 0.6 is 0 Å². The number of hydrogen-bond acceptors (Lipinski definition) is 4. The quantitative estimate of drug-likeness (QED) is 0.784. The fourth-order valence-electron chi connectivity index (χ4n) is 3.38. The van der Waals surface area contributed by atoms with Gasteiger partial charge in [-0.25, -0.2) is 0 Å².